The van der Waals surface area contributed by atoms with Crippen LogP contribution in [-0.4, -0.2) is 25.0 Å². The molecular formula is C12H9F5O4. The SMILES string of the molecule is CCOC(=O)CC(=O)COc1c(F)c(F)c(F)c(F)c1F. The lowest BCUT2D eigenvalue weighted by atomic mass is 10.2. The number of hydrogen-bond donors (Lipinski definition) is 0. The molecule has 0 radical (unpaired) electrons. The number of benzene rings is 1. The van der Waals surface area contributed by atoms with E-state index in [2.05, 4.69) is 9.47 Å². The normalized spacial score (nSPS) is 10.4. The molecule has 1 rings (SSSR count). The molecule has 0 aliphatic rings. The third-order valence-electron chi connectivity index (χ3n) is 2.19. The van der Waals surface area contributed by atoms with Crippen LogP contribution in [-0.2, 0) is 14.3 Å². The summed E-state index contributed by atoms with van der Waals surface area (Å²) in [6.45, 7) is 0.468. The van der Waals surface area contributed by atoms with Gasteiger partial charge in [0.25, 0.3) is 0 Å². The molecule has 9 heteroatoms. The van der Waals surface area contributed by atoms with E-state index in [1.54, 1.807) is 0 Å². The van der Waals surface area contributed by atoms with Crippen molar-refractivity contribution in [2.45, 2.75) is 13.3 Å². The molecule has 0 unspecified atom stereocenters. The quantitative estimate of drug-likeness (QED) is 0.266. The molecule has 0 aliphatic heterocycles. The van der Waals surface area contributed by atoms with E-state index in [4.69, 9.17) is 0 Å². The highest BCUT2D eigenvalue weighted by Crippen LogP contribution is 2.29. The highest BCUT2D eigenvalue weighted by atomic mass is 19.2. The fraction of sp³-hybridized carbons (Fsp3) is 0.333. The molecule has 0 bridgehead atoms. The maximum atomic E-state index is 13.2. The Labute approximate surface area is 115 Å². The molecule has 116 valence electrons. The van der Waals surface area contributed by atoms with Crippen molar-refractivity contribution < 1.29 is 41.0 Å². The van der Waals surface area contributed by atoms with E-state index in [0.29, 0.717) is 0 Å². The Morgan fingerprint density at radius 2 is 1.38 bits per heavy atom. The van der Waals surface area contributed by atoms with Gasteiger partial charge in [0, 0.05) is 0 Å². The second-order valence-corrected chi connectivity index (χ2v) is 3.71. The van der Waals surface area contributed by atoms with E-state index in [0.717, 1.165) is 0 Å². The van der Waals surface area contributed by atoms with E-state index >= 15 is 0 Å². The molecule has 0 aromatic heterocycles. The minimum Gasteiger partial charge on any atom is -0.480 e. The summed E-state index contributed by atoms with van der Waals surface area (Å²) in [6.07, 6.45) is -0.747. The molecule has 0 atom stereocenters. The monoisotopic (exact) mass is 312 g/mol. The van der Waals surface area contributed by atoms with Gasteiger partial charge >= 0.3 is 5.97 Å². The van der Waals surface area contributed by atoms with E-state index in [1.807, 2.05) is 0 Å². The zero-order chi connectivity index (χ0) is 16.2. The summed E-state index contributed by atoms with van der Waals surface area (Å²) in [5, 5.41) is 0. The summed E-state index contributed by atoms with van der Waals surface area (Å²) in [5.74, 6) is -14.5. The summed E-state index contributed by atoms with van der Waals surface area (Å²) in [7, 11) is 0. The largest absolute Gasteiger partial charge is 0.480 e. The molecule has 1 aromatic rings. The van der Waals surface area contributed by atoms with E-state index in [9.17, 15) is 31.5 Å². The van der Waals surface area contributed by atoms with E-state index in [1.165, 1.54) is 6.92 Å². The van der Waals surface area contributed by atoms with Gasteiger partial charge in [0.05, 0.1) is 6.61 Å². The van der Waals surface area contributed by atoms with Crippen LogP contribution in [0.4, 0.5) is 22.0 Å². The molecule has 0 spiro atoms. The summed E-state index contributed by atoms with van der Waals surface area (Å²) < 4.78 is 73.5. The average Bonchev–Trinajstić information content (AvgIpc) is 2.43. The lowest BCUT2D eigenvalue weighted by Gasteiger charge is -2.09. The Hall–Kier alpha value is -2.19. The Morgan fingerprint density at radius 3 is 1.86 bits per heavy atom. The van der Waals surface area contributed by atoms with Gasteiger partial charge in [0.1, 0.15) is 13.0 Å². The van der Waals surface area contributed by atoms with Gasteiger partial charge in [-0.05, 0) is 6.92 Å². The third kappa shape index (κ3) is 3.89. The van der Waals surface area contributed by atoms with Crippen LogP contribution in [0.5, 0.6) is 5.75 Å². The second kappa shape index (κ2) is 7.00. The minimum absolute atomic E-state index is 0.0185. The van der Waals surface area contributed by atoms with Crippen molar-refractivity contribution in [2.24, 2.45) is 0 Å². The number of esters is 1. The zero-order valence-electron chi connectivity index (χ0n) is 10.6. The smallest absolute Gasteiger partial charge is 0.313 e. The molecule has 0 amide bonds. The number of ether oxygens (including phenoxy) is 2. The van der Waals surface area contributed by atoms with Crippen LogP contribution in [0, 0.1) is 29.1 Å². The molecule has 0 saturated heterocycles. The Kier molecular flexibility index (Phi) is 5.62. The van der Waals surface area contributed by atoms with Gasteiger partial charge in [-0.3, -0.25) is 9.59 Å². The van der Waals surface area contributed by atoms with E-state index in [-0.39, 0.29) is 6.61 Å². The lowest BCUT2D eigenvalue weighted by molar-refractivity contribution is -0.145. The van der Waals surface area contributed by atoms with Crippen LogP contribution in [0.3, 0.4) is 0 Å². The molecule has 0 saturated carbocycles. The highest BCUT2D eigenvalue weighted by Gasteiger charge is 2.27. The summed E-state index contributed by atoms with van der Waals surface area (Å²) in [6, 6.07) is 0. The van der Waals surface area contributed by atoms with Gasteiger partial charge in [0.15, 0.2) is 11.5 Å². The standard InChI is InChI=1S/C12H9F5O4/c1-2-20-6(19)3-5(18)4-21-12-10(16)8(14)7(13)9(15)11(12)17/h2-4H2,1H3. The van der Waals surface area contributed by atoms with Crippen LogP contribution in [0.15, 0.2) is 0 Å². The van der Waals surface area contributed by atoms with Crippen molar-refractivity contribution in [3.8, 4) is 5.75 Å². The third-order valence-corrected chi connectivity index (χ3v) is 2.19. The number of rotatable bonds is 6. The second-order valence-electron chi connectivity index (χ2n) is 3.71. The first kappa shape index (κ1) is 16.9. The fourth-order valence-corrected chi connectivity index (χ4v) is 1.29. The Morgan fingerprint density at radius 1 is 0.905 bits per heavy atom. The first-order chi connectivity index (χ1) is 9.79. The van der Waals surface area contributed by atoms with Gasteiger partial charge in [-0.1, -0.05) is 0 Å². The predicted molar refractivity (Wildman–Crippen MR) is 58.0 cm³/mol. The molecule has 0 fully saturated rings. The molecule has 0 N–H and O–H groups in total. The number of hydrogen-bond acceptors (Lipinski definition) is 4. The highest BCUT2D eigenvalue weighted by molar-refractivity contribution is 5.96. The Balaban J connectivity index is 2.81. The van der Waals surface area contributed by atoms with Crippen molar-refractivity contribution in [1.82, 2.24) is 0 Å². The van der Waals surface area contributed by atoms with Crippen LogP contribution in [0.1, 0.15) is 13.3 Å². The number of carbonyl (C=O) groups is 2. The van der Waals surface area contributed by atoms with Crippen molar-refractivity contribution in [2.75, 3.05) is 13.2 Å². The lowest BCUT2D eigenvalue weighted by Crippen LogP contribution is -2.19. The van der Waals surface area contributed by atoms with Gasteiger partial charge < -0.3 is 9.47 Å². The molecular weight excluding hydrogens is 303 g/mol. The van der Waals surface area contributed by atoms with E-state index < -0.39 is 59.6 Å². The maximum absolute atomic E-state index is 13.2. The predicted octanol–water partition coefficient (Wildman–Crippen LogP) is 2.28. The van der Waals surface area contributed by atoms with Crippen LogP contribution in [0.2, 0.25) is 0 Å². The van der Waals surface area contributed by atoms with Crippen molar-refractivity contribution in [1.29, 1.82) is 0 Å². The minimum atomic E-state index is -2.34. The van der Waals surface area contributed by atoms with Crippen LogP contribution in [0.25, 0.3) is 0 Å². The number of carbonyl (C=O) groups excluding carboxylic acids is 2. The molecule has 0 heterocycles. The first-order valence-corrected chi connectivity index (χ1v) is 5.61. The van der Waals surface area contributed by atoms with Gasteiger partial charge in [-0.2, -0.15) is 8.78 Å². The van der Waals surface area contributed by atoms with Crippen LogP contribution < -0.4 is 4.74 Å². The molecule has 0 aliphatic carbocycles. The van der Waals surface area contributed by atoms with Gasteiger partial charge in [-0.25, -0.2) is 13.2 Å². The topological polar surface area (TPSA) is 52.6 Å². The molecule has 4 nitrogen and oxygen atoms in total. The summed E-state index contributed by atoms with van der Waals surface area (Å²) in [5.41, 5.74) is 0. The van der Waals surface area contributed by atoms with Crippen molar-refractivity contribution in [3.63, 3.8) is 0 Å². The Bertz CT molecular complexity index is 544. The van der Waals surface area contributed by atoms with Gasteiger partial charge in [0.2, 0.25) is 29.1 Å². The first-order valence-electron chi connectivity index (χ1n) is 5.61. The summed E-state index contributed by atoms with van der Waals surface area (Å²) >= 11 is 0. The number of ketones is 1. The number of halogens is 5. The maximum Gasteiger partial charge on any atom is 0.313 e. The summed E-state index contributed by atoms with van der Waals surface area (Å²) in [4.78, 5) is 22.2. The molecule has 21 heavy (non-hydrogen) atoms. The van der Waals surface area contributed by atoms with Crippen molar-refractivity contribution >= 4 is 11.8 Å². The fourth-order valence-electron chi connectivity index (χ4n) is 1.29. The van der Waals surface area contributed by atoms with Crippen LogP contribution >= 0.6 is 0 Å². The number of Topliss-reactive ketones (excluding diaryl/α,β-unsaturated/α-hetero) is 1. The van der Waals surface area contributed by atoms with Crippen molar-refractivity contribution in [3.05, 3.63) is 29.1 Å². The average molecular weight is 312 g/mol. The molecule has 1 aromatic carbocycles. The zero-order valence-corrected chi connectivity index (χ0v) is 10.6. The van der Waals surface area contributed by atoms with Gasteiger partial charge in [-0.15, -0.1) is 0 Å².